The summed E-state index contributed by atoms with van der Waals surface area (Å²) in [6, 6.07) is 0. The Hall–Kier alpha value is 0.117. The van der Waals surface area contributed by atoms with Crippen LogP contribution in [0.15, 0.2) is 0 Å². The first-order valence-electron chi connectivity index (χ1n) is 2.10. The molecule has 4 nitrogen and oxygen atoms in total. The van der Waals surface area contributed by atoms with Gasteiger partial charge in [0.15, 0.2) is 0 Å². The van der Waals surface area contributed by atoms with Crippen molar-refractivity contribution >= 4 is 10.1 Å². The summed E-state index contributed by atoms with van der Waals surface area (Å²) >= 11 is 0. The molecule has 0 aliphatic heterocycles. The molecule has 0 fully saturated rings. The summed E-state index contributed by atoms with van der Waals surface area (Å²) in [5.74, 6) is 5.47. The molecule has 0 saturated heterocycles. The van der Waals surface area contributed by atoms with Crippen molar-refractivity contribution in [3.63, 3.8) is 0 Å². The summed E-state index contributed by atoms with van der Waals surface area (Å²) < 4.78 is 79.0. The van der Waals surface area contributed by atoms with Crippen molar-refractivity contribution in [3.05, 3.63) is 5.90 Å². The number of hydrogen-bond donors (Lipinski definition) is 0. The second-order valence-electron chi connectivity index (χ2n) is 1.55. The second kappa shape index (κ2) is 4.10. The smallest absolute Gasteiger partial charge is 0.531 e. The van der Waals surface area contributed by atoms with Gasteiger partial charge in [-0.3, -0.25) is 0 Å². The van der Waals surface area contributed by atoms with E-state index in [1.165, 1.54) is 0 Å². The van der Waals surface area contributed by atoms with Gasteiger partial charge in [0, 0.05) is 0 Å². The van der Waals surface area contributed by atoms with Crippen LogP contribution in [0.4, 0.5) is 22.0 Å². The average molecular weight is 221 g/mol. The molecule has 13 heavy (non-hydrogen) atoms. The molecule has 11 heteroatoms. The zero-order chi connectivity index (χ0) is 10.2. The Bertz CT molecular complexity index is 259. The molecule has 0 spiro atoms. The van der Waals surface area contributed by atoms with Crippen molar-refractivity contribution in [1.82, 2.24) is 0 Å². The van der Waals surface area contributed by atoms with Crippen molar-refractivity contribution < 1.29 is 53.5 Å². The minimum Gasteiger partial charge on any atom is -0.531 e. The van der Waals surface area contributed by atoms with Crippen molar-refractivity contribution in [2.24, 2.45) is 0 Å². The monoisotopic (exact) mass is 221 g/mol. The van der Waals surface area contributed by atoms with Crippen LogP contribution in [0.3, 0.4) is 0 Å². The van der Waals surface area contributed by atoms with Gasteiger partial charge in [-0.05, 0) is 0 Å². The van der Waals surface area contributed by atoms with E-state index in [0.717, 1.165) is 0 Å². The predicted molar refractivity (Wildman–Crippen MR) is 25.3 cm³/mol. The van der Waals surface area contributed by atoms with Gasteiger partial charge in [0.1, 0.15) is 0 Å². The molecule has 0 aromatic carbocycles. The van der Waals surface area contributed by atoms with E-state index in [-0.39, 0.29) is 18.9 Å². The van der Waals surface area contributed by atoms with Gasteiger partial charge in [-0.1, -0.05) is 0 Å². The molecule has 0 bridgehead atoms. The normalized spacial score (nSPS) is 13.7. The van der Waals surface area contributed by atoms with Gasteiger partial charge in [0.05, 0.1) is 0 Å². The van der Waals surface area contributed by atoms with Crippen LogP contribution in [0.1, 0.15) is 0 Å². The molecule has 1 N–H and O–H groups in total. The summed E-state index contributed by atoms with van der Waals surface area (Å²) in [5.41, 5.74) is 0. The van der Waals surface area contributed by atoms with E-state index in [9.17, 15) is 30.4 Å². The maximum atomic E-state index is 11.8. The summed E-state index contributed by atoms with van der Waals surface area (Å²) in [6.45, 7) is 0. The Morgan fingerprint density at radius 2 is 1.38 bits per heavy atom. The second-order valence-corrected chi connectivity index (χ2v) is 3.14. The van der Waals surface area contributed by atoms with E-state index in [1.54, 1.807) is 0 Å². The standard InChI is InChI=1S/C2HF5NO3S.Li/c3-1(4,5)2(6,7)12(9,10)11-8;/h8H;/q-1;+1. The predicted octanol–water partition coefficient (Wildman–Crippen LogP) is -1.54. The molecule has 0 radical (unpaired) electrons. The van der Waals surface area contributed by atoms with Gasteiger partial charge in [-0.25, -0.2) is 0 Å². The van der Waals surface area contributed by atoms with Crippen LogP contribution < -0.4 is 18.9 Å². The zero-order valence-corrected chi connectivity index (χ0v) is 6.84. The summed E-state index contributed by atoms with van der Waals surface area (Å²) in [6.07, 6.45) is -6.28. The maximum Gasteiger partial charge on any atom is 1.00 e. The number of alkyl halides is 5. The molecule has 0 aliphatic carbocycles. The van der Waals surface area contributed by atoms with E-state index in [4.69, 9.17) is 5.90 Å². The molecule has 0 unspecified atom stereocenters. The summed E-state index contributed by atoms with van der Waals surface area (Å²) in [4.78, 5) is 0. The van der Waals surface area contributed by atoms with Gasteiger partial charge < -0.3 is 10.2 Å². The third-order valence-corrected chi connectivity index (χ3v) is 1.83. The largest absolute Gasteiger partial charge is 1.00 e. The van der Waals surface area contributed by atoms with Crippen molar-refractivity contribution in [2.45, 2.75) is 11.4 Å². The van der Waals surface area contributed by atoms with Crippen LogP contribution in [0.25, 0.3) is 5.90 Å². The summed E-state index contributed by atoms with van der Waals surface area (Å²) in [7, 11) is -6.25. The Labute approximate surface area is 81.5 Å². The minimum atomic E-state index is -6.28. The molecule has 74 valence electrons. The molecule has 0 saturated carbocycles. The van der Waals surface area contributed by atoms with E-state index in [2.05, 4.69) is 4.28 Å². The van der Waals surface area contributed by atoms with Crippen LogP contribution in [0.5, 0.6) is 0 Å². The first kappa shape index (κ1) is 15.6. The summed E-state index contributed by atoms with van der Waals surface area (Å²) in [5, 5.41) is -6.05. The van der Waals surface area contributed by atoms with Crippen molar-refractivity contribution in [2.75, 3.05) is 0 Å². The molecule has 0 amide bonds. The van der Waals surface area contributed by atoms with Gasteiger partial charge in [-0.15, -0.1) is 0 Å². The van der Waals surface area contributed by atoms with Gasteiger partial charge >= 0.3 is 40.4 Å². The molecular formula is C2HF5LiNO3S. The number of hydrogen-bond acceptors (Lipinski definition) is 3. The first-order chi connectivity index (χ1) is 5.06. The first-order valence-corrected chi connectivity index (χ1v) is 3.51. The van der Waals surface area contributed by atoms with Crippen LogP contribution in [0, 0.1) is 0 Å². The maximum absolute atomic E-state index is 11.8. The fraction of sp³-hybridized carbons (Fsp3) is 1.00. The van der Waals surface area contributed by atoms with E-state index in [1.807, 2.05) is 0 Å². The molecular weight excluding hydrogens is 220 g/mol. The number of nitrogens with one attached hydrogen (secondary N) is 1. The quantitative estimate of drug-likeness (QED) is 0.322. The molecule has 0 aliphatic rings. The van der Waals surface area contributed by atoms with E-state index in [0.29, 0.717) is 0 Å². The molecule has 0 rings (SSSR count). The van der Waals surface area contributed by atoms with Crippen molar-refractivity contribution in [3.8, 4) is 0 Å². The third kappa shape index (κ3) is 2.78. The fourth-order valence-electron chi connectivity index (χ4n) is 0.194. The Morgan fingerprint density at radius 1 is 1.08 bits per heavy atom. The molecule has 0 atom stereocenters. The zero-order valence-electron chi connectivity index (χ0n) is 6.02. The topological polar surface area (TPSA) is 67.2 Å². The Balaban J connectivity index is 0. The van der Waals surface area contributed by atoms with Gasteiger partial charge in [0.25, 0.3) is 0 Å². The van der Waals surface area contributed by atoms with E-state index >= 15 is 0 Å². The molecule has 0 heterocycles. The third-order valence-electron chi connectivity index (χ3n) is 0.754. The van der Waals surface area contributed by atoms with Crippen LogP contribution >= 0.6 is 0 Å². The fourth-order valence-corrected chi connectivity index (χ4v) is 0.582. The Morgan fingerprint density at radius 3 is 1.46 bits per heavy atom. The minimum absolute atomic E-state index is 0. The SMILES string of the molecule is [Li+].[NH-]OS(=O)(=O)C(F)(F)C(F)(F)F. The van der Waals surface area contributed by atoms with Gasteiger partial charge in [-0.2, -0.15) is 30.4 Å². The molecule has 0 aromatic heterocycles. The number of rotatable bonds is 2. The van der Waals surface area contributed by atoms with Crippen LogP contribution in [-0.4, -0.2) is 19.8 Å². The average Bonchev–Trinajstić information content (AvgIpc) is 1.85. The van der Waals surface area contributed by atoms with Gasteiger partial charge in [0.2, 0.25) is 0 Å². The Kier molecular flexibility index (Phi) is 4.91. The van der Waals surface area contributed by atoms with E-state index < -0.39 is 21.5 Å². The number of halogens is 5. The van der Waals surface area contributed by atoms with Crippen LogP contribution in [0.2, 0.25) is 0 Å². The van der Waals surface area contributed by atoms with Crippen LogP contribution in [-0.2, 0) is 14.4 Å². The van der Waals surface area contributed by atoms with Crippen molar-refractivity contribution in [1.29, 1.82) is 0 Å². The molecule has 0 aromatic rings.